The molecule has 1 N–H and O–H groups in total. The number of halogens is 1. The van der Waals surface area contributed by atoms with E-state index in [1.54, 1.807) is 4.90 Å². The number of benzene rings is 2. The van der Waals surface area contributed by atoms with Gasteiger partial charge >= 0.3 is 6.09 Å². The molecule has 1 unspecified atom stereocenters. The molecule has 2 aromatic carbocycles. The van der Waals surface area contributed by atoms with E-state index in [2.05, 4.69) is 27.3 Å². The molecule has 1 heterocycles. The van der Waals surface area contributed by atoms with E-state index in [1.807, 2.05) is 48.5 Å². The highest BCUT2D eigenvalue weighted by Crippen LogP contribution is 2.15. The summed E-state index contributed by atoms with van der Waals surface area (Å²) < 4.78 is 12.3. The monoisotopic (exact) mass is 418 g/mol. The van der Waals surface area contributed by atoms with Crippen LogP contribution in [-0.4, -0.2) is 43.3 Å². The molecule has 0 radical (unpaired) electrons. The molecule has 6 heteroatoms. The van der Waals surface area contributed by atoms with Gasteiger partial charge in [0.2, 0.25) is 0 Å². The molecule has 5 nitrogen and oxygen atoms in total. The van der Waals surface area contributed by atoms with Crippen molar-refractivity contribution in [1.29, 1.82) is 0 Å². The minimum Gasteiger partial charge on any atom is -0.445 e. The van der Waals surface area contributed by atoms with E-state index in [4.69, 9.17) is 9.47 Å². The van der Waals surface area contributed by atoms with E-state index in [-0.39, 0.29) is 12.2 Å². The van der Waals surface area contributed by atoms with Crippen molar-refractivity contribution in [3.05, 3.63) is 70.2 Å². The molecule has 1 saturated heterocycles. The molecule has 1 fully saturated rings. The molecule has 1 amide bonds. The first-order valence-electron chi connectivity index (χ1n) is 8.74. The van der Waals surface area contributed by atoms with E-state index in [0.717, 1.165) is 16.6 Å². The van der Waals surface area contributed by atoms with Crippen molar-refractivity contribution in [3.8, 4) is 0 Å². The Labute approximate surface area is 162 Å². The number of nitrogens with one attached hydrogen (secondary N) is 1. The van der Waals surface area contributed by atoms with Crippen LogP contribution in [0.3, 0.4) is 0 Å². The highest BCUT2D eigenvalue weighted by molar-refractivity contribution is 9.10. The van der Waals surface area contributed by atoms with Crippen LogP contribution in [0, 0.1) is 0 Å². The summed E-state index contributed by atoms with van der Waals surface area (Å²) in [5, 5.41) is 3.40. The lowest BCUT2D eigenvalue weighted by Crippen LogP contribution is -2.49. The molecule has 1 atom stereocenters. The highest BCUT2D eigenvalue weighted by Gasteiger charge is 2.25. The summed E-state index contributed by atoms with van der Waals surface area (Å²) in [6, 6.07) is 17.8. The number of hydrogen-bond donors (Lipinski definition) is 1. The maximum absolute atomic E-state index is 12.3. The summed E-state index contributed by atoms with van der Waals surface area (Å²) >= 11 is 3.55. The second-order valence-electron chi connectivity index (χ2n) is 6.20. The Morgan fingerprint density at radius 1 is 1.19 bits per heavy atom. The fourth-order valence-electron chi connectivity index (χ4n) is 2.83. The van der Waals surface area contributed by atoms with Gasteiger partial charge in [-0.15, -0.1) is 0 Å². The Hall–Kier alpha value is -1.89. The van der Waals surface area contributed by atoms with Gasteiger partial charge in [0.25, 0.3) is 0 Å². The largest absolute Gasteiger partial charge is 0.445 e. The minimum absolute atomic E-state index is 0.0319. The van der Waals surface area contributed by atoms with Crippen molar-refractivity contribution in [1.82, 2.24) is 10.2 Å². The lowest BCUT2D eigenvalue weighted by atomic mass is 10.2. The van der Waals surface area contributed by atoms with Crippen LogP contribution >= 0.6 is 15.9 Å². The fraction of sp³-hybridized carbons (Fsp3) is 0.350. The zero-order valence-corrected chi connectivity index (χ0v) is 16.2. The summed E-state index contributed by atoms with van der Waals surface area (Å²) in [5.74, 6) is 0. The van der Waals surface area contributed by atoms with E-state index in [0.29, 0.717) is 32.8 Å². The zero-order valence-electron chi connectivity index (χ0n) is 14.6. The summed E-state index contributed by atoms with van der Waals surface area (Å²) in [6.07, 6.45) is -0.316. The van der Waals surface area contributed by atoms with E-state index >= 15 is 0 Å². The molecule has 26 heavy (non-hydrogen) atoms. The SMILES string of the molecule is O=C(OCc1ccccc1)N1CCOC(CNCc2ccccc2Br)C1. The first-order valence-corrected chi connectivity index (χ1v) is 9.53. The molecule has 138 valence electrons. The molecular weight excluding hydrogens is 396 g/mol. The predicted molar refractivity (Wildman–Crippen MR) is 104 cm³/mol. The molecule has 0 saturated carbocycles. The van der Waals surface area contributed by atoms with Gasteiger partial charge in [0.05, 0.1) is 19.3 Å². The molecular formula is C20H23BrN2O3. The van der Waals surface area contributed by atoms with Crippen LogP contribution in [-0.2, 0) is 22.6 Å². The van der Waals surface area contributed by atoms with Crippen molar-refractivity contribution in [3.63, 3.8) is 0 Å². The van der Waals surface area contributed by atoms with Crippen LogP contribution in [0.2, 0.25) is 0 Å². The Morgan fingerprint density at radius 3 is 2.77 bits per heavy atom. The van der Waals surface area contributed by atoms with Gasteiger partial charge in [-0.3, -0.25) is 0 Å². The zero-order chi connectivity index (χ0) is 18.2. The number of ether oxygens (including phenoxy) is 2. The highest BCUT2D eigenvalue weighted by atomic mass is 79.9. The number of morpholine rings is 1. The van der Waals surface area contributed by atoms with Gasteiger partial charge in [0.1, 0.15) is 6.61 Å². The fourth-order valence-corrected chi connectivity index (χ4v) is 3.25. The molecule has 3 rings (SSSR count). The van der Waals surface area contributed by atoms with Crippen LogP contribution in [0.25, 0.3) is 0 Å². The maximum Gasteiger partial charge on any atom is 0.410 e. The third-order valence-corrected chi connectivity index (χ3v) is 5.02. The smallest absolute Gasteiger partial charge is 0.410 e. The first-order chi connectivity index (χ1) is 12.7. The normalized spacial score (nSPS) is 17.1. The first kappa shape index (κ1) is 18.9. The molecule has 0 aliphatic carbocycles. The Morgan fingerprint density at radius 2 is 1.96 bits per heavy atom. The molecule has 0 bridgehead atoms. The van der Waals surface area contributed by atoms with E-state index < -0.39 is 0 Å². The van der Waals surface area contributed by atoms with Crippen LogP contribution in [0.1, 0.15) is 11.1 Å². The standard InChI is InChI=1S/C20H23BrN2O3/c21-19-9-5-4-8-17(19)12-22-13-18-14-23(10-11-25-18)20(24)26-15-16-6-2-1-3-7-16/h1-9,18,22H,10-15H2. The Bertz CT molecular complexity index is 711. The topological polar surface area (TPSA) is 50.8 Å². The summed E-state index contributed by atoms with van der Waals surface area (Å²) in [5.41, 5.74) is 2.18. The van der Waals surface area contributed by atoms with Crippen LogP contribution in [0.4, 0.5) is 4.79 Å². The Kier molecular flexibility index (Phi) is 7.05. The number of rotatable bonds is 6. The molecule has 1 aliphatic rings. The third kappa shape index (κ3) is 5.56. The van der Waals surface area contributed by atoms with Crippen molar-refractivity contribution in [2.24, 2.45) is 0 Å². The Balaban J connectivity index is 1.42. The molecule has 2 aromatic rings. The van der Waals surface area contributed by atoms with Gasteiger partial charge in [0.15, 0.2) is 0 Å². The van der Waals surface area contributed by atoms with Crippen molar-refractivity contribution in [2.45, 2.75) is 19.3 Å². The van der Waals surface area contributed by atoms with Gasteiger partial charge in [-0.25, -0.2) is 4.79 Å². The summed E-state index contributed by atoms with van der Waals surface area (Å²) in [7, 11) is 0. The van der Waals surface area contributed by atoms with Crippen LogP contribution < -0.4 is 5.32 Å². The summed E-state index contributed by atoms with van der Waals surface area (Å²) in [6.45, 7) is 3.36. The quantitative estimate of drug-likeness (QED) is 0.778. The van der Waals surface area contributed by atoms with Gasteiger partial charge in [0, 0.05) is 24.1 Å². The van der Waals surface area contributed by atoms with E-state index in [1.165, 1.54) is 5.56 Å². The second-order valence-corrected chi connectivity index (χ2v) is 7.06. The summed E-state index contributed by atoms with van der Waals surface area (Å²) in [4.78, 5) is 14.0. The number of nitrogens with zero attached hydrogens (tertiary/aromatic N) is 1. The van der Waals surface area contributed by atoms with Gasteiger partial charge < -0.3 is 19.7 Å². The van der Waals surface area contributed by atoms with Gasteiger partial charge in [-0.2, -0.15) is 0 Å². The van der Waals surface area contributed by atoms with Gasteiger partial charge in [-0.1, -0.05) is 64.5 Å². The molecule has 0 aromatic heterocycles. The lowest BCUT2D eigenvalue weighted by Gasteiger charge is -2.32. The van der Waals surface area contributed by atoms with Crippen LogP contribution in [0.5, 0.6) is 0 Å². The van der Waals surface area contributed by atoms with Crippen molar-refractivity contribution in [2.75, 3.05) is 26.2 Å². The average molecular weight is 419 g/mol. The van der Waals surface area contributed by atoms with Crippen LogP contribution in [0.15, 0.2) is 59.1 Å². The molecule has 1 aliphatic heterocycles. The van der Waals surface area contributed by atoms with Gasteiger partial charge in [-0.05, 0) is 17.2 Å². The lowest BCUT2D eigenvalue weighted by molar-refractivity contribution is -0.0271. The average Bonchev–Trinajstić information content (AvgIpc) is 2.69. The van der Waals surface area contributed by atoms with Crippen molar-refractivity contribution >= 4 is 22.0 Å². The second kappa shape index (κ2) is 9.71. The number of amides is 1. The maximum atomic E-state index is 12.3. The minimum atomic E-state index is -0.284. The number of hydrogen-bond acceptors (Lipinski definition) is 4. The third-order valence-electron chi connectivity index (χ3n) is 4.25. The number of carbonyl (C=O) groups is 1. The number of carbonyl (C=O) groups excluding carboxylic acids is 1. The molecule has 0 spiro atoms. The van der Waals surface area contributed by atoms with Crippen molar-refractivity contribution < 1.29 is 14.3 Å². The van der Waals surface area contributed by atoms with E-state index in [9.17, 15) is 4.79 Å². The predicted octanol–water partition coefficient (Wildman–Crippen LogP) is 3.58.